The Morgan fingerprint density at radius 1 is 1.47 bits per heavy atom. The van der Waals surface area contributed by atoms with Crippen LogP contribution in [0.15, 0.2) is 18.2 Å². The van der Waals surface area contributed by atoms with Gasteiger partial charge < -0.3 is 15.8 Å². The van der Waals surface area contributed by atoms with Gasteiger partial charge in [0.15, 0.2) is 0 Å². The van der Waals surface area contributed by atoms with E-state index >= 15 is 0 Å². The Hall–Kier alpha value is -1.03. The Morgan fingerprint density at radius 3 is 3.00 bits per heavy atom. The predicted octanol–water partition coefficient (Wildman–Crippen LogP) is 3.76. The second kappa shape index (κ2) is 6.42. The number of hydrogen-bond donors (Lipinski definition) is 2. The Labute approximate surface area is 120 Å². The van der Waals surface area contributed by atoms with Gasteiger partial charge >= 0.3 is 0 Å². The maximum absolute atomic E-state index is 5.92. The second-order valence-electron chi connectivity index (χ2n) is 5.36. The van der Waals surface area contributed by atoms with Gasteiger partial charge in [0.1, 0.15) is 5.75 Å². The number of nitrogens with one attached hydrogen (secondary N) is 1. The molecule has 1 atom stereocenters. The number of nitrogen functional groups attached to an aromatic ring is 1. The van der Waals surface area contributed by atoms with Crippen LogP contribution in [0.4, 0.5) is 11.4 Å². The number of hydrogen-bond acceptors (Lipinski definition) is 4. The molecule has 3 nitrogen and oxygen atoms in total. The monoisotopic (exact) mass is 280 g/mol. The Morgan fingerprint density at radius 2 is 2.32 bits per heavy atom. The Balaban J connectivity index is 1.96. The van der Waals surface area contributed by atoms with Gasteiger partial charge in [0, 0.05) is 23.0 Å². The first-order valence-corrected chi connectivity index (χ1v) is 8.02. The maximum Gasteiger partial charge on any atom is 0.144 e. The van der Waals surface area contributed by atoms with Crippen molar-refractivity contribution in [3.8, 4) is 5.75 Å². The maximum atomic E-state index is 5.92. The minimum absolute atomic E-state index is 0.367. The van der Waals surface area contributed by atoms with Crippen molar-refractivity contribution in [2.24, 2.45) is 0 Å². The summed E-state index contributed by atoms with van der Waals surface area (Å²) < 4.78 is 6.02. The average molecular weight is 280 g/mol. The smallest absolute Gasteiger partial charge is 0.144 e. The standard InChI is InChI=1S/C15H24N2OS/c1-3-8-18-14-10-12(5-6-13(14)16)17-11-15(2)7-4-9-19-15/h5-6,10,17H,3-4,7-9,11,16H2,1-2H3. The normalized spacial score (nSPS) is 22.4. The number of nitrogens with two attached hydrogens (primary N) is 1. The van der Waals surface area contributed by atoms with E-state index in [1.807, 2.05) is 18.2 Å². The van der Waals surface area contributed by atoms with Gasteiger partial charge in [-0.25, -0.2) is 0 Å². The predicted molar refractivity (Wildman–Crippen MR) is 85.2 cm³/mol. The number of anilines is 2. The zero-order valence-corrected chi connectivity index (χ0v) is 12.7. The van der Waals surface area contributed by atoms with Gasteiger partial charge in [0.25, 0.3) is 0 Å². The number of ether oxygens (including phenoxy) is 1. The molecule has 19 heavy (non-hydrogen) atoms. The third-order valence-electron chi connectivity index (χ3n) is 3.44. The fourth-order valence-electron chi connectivity index (χ4n) is 2.25. The minimum atomic E-state index is 0.367. The van der Waals surface area contributed by atoms with E-state index in [0.29, 0.717) is 17.0 Å². The quantitative estimate of drug-likeness (QED) is 0.779. The average Bonchev–Trinajstić information content (AvgIpc) is 2.84. The molecular weight excluding hydrogens is 256 g/mol. The molecule has 1 aliphatic rings. The van der Waals surface area contributed by atoms with E-state index in [1.165, 1.54) is 18.6 Å². The first kappa shape index (κ1) is 14.4. The zero-order chi connectivity index (χ0) is 13.7. The first-order chi connectivity index (χ1) is 9.13. The van der Waals surface area contributed by atoms with E-state index in [-0.39, 0.29) is 0 Å². The largest absolute Gasteiger partial charge is 0.491 e. The summed E-state index contributed by atoms with van der Waals surface area (Å²) in [5, 5.41) is 3.51. The highest BCUT2D eigenvalue weighted by Gasteiger charge is 2.28. The molecule has 0 aromatic heterocycles. The van der Waals surface area contributed by atoms with Crippen LogP contribution in [0.25, 0.3) is 0 Å². The third kappa shape index (κ3) is 3.96. The van der Waals surface area contributed by atoms with E-state index < -0.39 is 0 Å². The third-order valence-corrected chi connectivity index (χ3v) is 4.98. The van der Waals surface area contributed by atoms with E-state index in [1.54, 1.807) is 0 Å². The molecular formula is C15H24N2OS. The van der Waals surface area contributed by atoms with Crippen molar-refractivity contribution in [2.45, 2.75) is 37.9 Å². The van der Waals surface area contributed by atoms with E-state index in [4.69, 9.17) is 10.5 Å². The van der Waals surface area contributed by atoms with Crippen molar-refractivity contribution in [1.29, 1.82) is 0 Å². The van der Waals surface area contributed by atoms with E-state index in [9.17, 15) is 0 Å². The summed E-state index contributed by atoms with van der Waals surface area (Å²) >= 11 is 2.07. The molecule has 0 aliphatic carbocycles. The van der Waals surface area contributed by atoms with Crippen molar-refractivity contribution >= 4 is 23.1 Å². The summed E-state index contributed by atoms with van der Waals surface area (Å²) in [4.78, 5) is 0. The molecule has 1 unspecified atom stereocenters. The van der Waals surface area contributed by atoms with Gasteiger partial charge in [0.05, 0.1) is 12.3 Å². The van der Waals surface area contributed by atoms with Gasteiger partial charge in [-0.05, 0) is 44.1 Å². The van der Waals surface area contributed by atoms with Crippen LogP contribution in [-0.2, 0) is 0 Å². The van der Waals surface area contributed by atoms with E-state index in [2.05, 4.69) is 30.9 Å². The van der Waals surface area contributed by atoms with Crippen molar-refractivity contribution in [3.05, 3.63) is 18.2 Å². The lowest BCUT2D eigenvalue weighted by atomic mass is 10.1. The molecule has 1 aromatic carbocycles. The van der Waals surface area contributed by atoms with Crippen LogP contribution in [0.3, 0.4) is 0 Å². The van der Waals surface area contributed by atoms with Crippen LogP contribution >= 0.6 is 11.8 Å². The summed E-state index contributed by atoms with van der Waals surface area (Å²) in [5.41, 5.74) is 7.72. The van der Waals surface area contributed by atoms with Crippen LogP contribution in [0.1, 0.15) is 33.1 Å². The molecule has 1 aliphatic heterocycles. The molecule has 0 radical (unpaired) electrons. The zero-order valence-electron chi connectivity index (χ0n) is 11.9. The summed E-state index contributed by atoms with van der Waals surface area (Å²) in [5.74, 6) is 2.07. The molecule has 0 bridgehead atoms. The SMILES string of the molecule is CCCOc1cc(NCC2(C)CCCS2)ccc1N. The summed E-state index contributed by atoms with van der Waals surface area (Å²) in [6.45, 7) is 6.13. The summed E-state index contributed by atoms with van der Waals surface area (Å²) in [6, 6.07) is 5.95. The van der Waals surface area contributed by atoms with Crippen LogP contribution < -0.4 is 15.8 Å². The van der Waals surface area contributed by atoms with Crippen molar-refractivity contribution in [2.75, 3.05) is 30.0 Å². The fraction of sp³-hybridized carbons (Fsp3) is 0.600. The summed E-state index contributed by atoms with van der Waals surface area (Å²) in [6.07, 6.45) is 3.61. The Bertz CT molecular complexity index is 417. The minimum Gasteiger partial charge on any atom is -0.491 e. The topological polar surface area (TPSA) is 47.3 Å². The molecule has 0 spiro atoms. The highest BCUT2D eigenvalue weighted by molar-refractivity contribution is 8.00. The second-order valence-corrected chi connectivity index (χ2v) is 7.04. The van der Waals surface area contributed by atoms with Crippen molar-refractivity contribution in [1.82, 2.24) is 0 Å². The molecule has 3 N–H and O–H groups in total. The first-order valence-electron chi connectivity index (χ1n) is 7.03. The van der Waals surface area contributed by atoms with Crippen LogP contribution in [0.2, 0.25) is 0 Å². The molecule has 1 heterocycles. The van der Waals surface area contributed by atoms with Crippen molar-refractivity contribution in [3.63, 3.8) is 0 Å². The summed E-state index contributed by atoms with van der Waals surface area (Å²) in [7, 11) is 0. The molecule has 4 heteroatoms. The van der Waals surface area contributed by atoms with E-state index in [0.717, 1.165) is 24.4 Å². The molecule has 0 amide bonds. The number of benzene rings is 1. The molecule has 1 fully saturated rings. The molecule has 1 aromatic rings. The lowest BCUT2D eigenvalue weighted by molar-refractivity contribution is 0.319. The van der Waals surface area contributed by atoms with Gasteiger partial charge in [0.2, 0.25) is 0 Å². The molecule has 2 rings (SSSR count). The van der Waals surface area contributed by atoms with Gasteiger partial charge in [-0.3, -0.25) is 0 Å². The fourth-order valence-corrected chi connectivity index (χ4v) is 3.49. The van der Waals surface area contributed by atoms with Crippen molar-refractivity contribution < 1.29 is 4.74 Å². The number of thioether (sulfide) groups is 1. The van der Waals surface area contributed by atoms with Crippen LogP contribution in [0.5, 0.6) is 5.75 Å². The highest BCUT2D eigenvalue weighted by Crippen LogP contribution is 2.38. The molecule has 0 saturated carbocycles. The van der Waals surface area contributed by atoms with Crippen LogP contribution in [0, 0.1) is 0 Å². The lowest BCUT2D eigenvalue weighted by Gasteiger charge is -2.23. The van der Waals surface area contributed by atoms with Gasteiger partial charge in [-0.15, -0.1) is 0 Å². The Kier molecular flexibility index (Phi) is 4.86. The molecule has 1 saturated heterocycles. The van der Waals surface area contributed by atoms with Gasteiger partial charge in [-0.1, -0.05) is 6.92 Å². The lowest BCUT2D eigenvalue weighted by Crippen LogP contribution is -2.27. The van der Waals surface area contributed by atoms with Crippen LogP contribution in [-0.4, -0.2) is 23.7 Å². The number of rotatable bonds is 6. The van der Waals surface area contributed by atoms with Gasteiger partial charge in [-0.2, -0.15) is 11.8 Å². The highest BCUT2D eigenvalue weighted by atomic mass is 32.2. The molecule has 106 valence electrons.